The number of aromatic nitrogens is 2. The lowest BCUT2D eigenvalue weighted by molar-refractivity contribution is 0.284. The molecule has 3 heterocycles. The maximum atomic E-state index is 4.72. The summed E-state index contributed by atoms with van der Waals surface area (Å²) in [6.45, 7) is 9.04. The number of nitrogens with zero attached hydrogens (tertiary/aromatic N) is 4. The first-order chi connectivity index (χ1) is 10.9. The van der Waals surface area contributed by atoms with Gasteiger partial charge in [-0.25, -0.2) is 0 Å². The normalized spacial score (nSPS) is 16.5. The van der Waals surface area contributed by atoms with E-state index in [1.807, 2.05) is 12.3 Å². The van der Waals surface area contributed by atoms with E-state index in [1.54, 1.807) is 0 Å². The van der Waals surface area contributed by atoms with Crippen molar-refractivity contribution in [1.29, 1.82) is 0 Å². The van der Waals surface area contributed by atoms with E-state index in [-0.39, 0.29) is 0 Å². The van der Waals surface area contributed by atoms with Crippen LogP contribution in [0.4, 0.5) is 5.69 Å². The summed E-state index contributed by atoms with van der Waals surface area (Å²) in [5.41, 5.74) is 4.64. The van der Waals surface area contributed by atoms with E-state index in [0.29, 0.717) is 0 Å². The number of rotatable bonds is 3. The molecule has 0 saturated carbocycles. The first-order valence-electron chi connectivity index (χ1n) is 7.80. The molecule has 4 rings (SSSR count). The summed E-state index contributed by atoms with van der Waals surface area (Å²) in [6, 6.07) is 10.6. The molecule has 1 saturated heterocycles. The highest BCUT2D eigenvalue weighted by atomic mass is 15.3. The van der Waals surface area contributed by atoms with Crippen molar-refractivity contribution in [1.82, 2.24) is 14.3 Å². The van der Waals surface area contributed by atoms with E-state index >= 15 is 0 Å². The van der Waals surface area contributed by atoms with Crippen LogP contribution < -0.4 is 4.90 Å². The molecule has 112 valence electrons. The molecule has 3 aromatic rings. The molecule has 1 aliphatic heterocycles. The Morgan fingerprint density at radius 2 is 1.95 bits per heavy atom. The summed E-state index contributed by atoms with van der Waals surface area (Å²) in [5, 5.41) is 0. The van der Waals surface area contributed by atoms with Crippen LogP contribution in [0.5, 0.6) is 0 Å². The fourth-order valence-electron chi connectivity index (χ4n) is 3.30. The number of hydrogen-bond acceptors (Lipinski definition) is 3. The van der Waals surface area contributed by atoms with E-state index in [0.717, 1.165) is 43.8 Å². The number of fused-ring (bicyclic) bond motifs is 3. The van der Waals surface area contributed by atoms with Crippen molar-refractivity contribution in [3.05, 3.63) is 55.4 Å². The Hall–Kier alpha value is -2.33. The van der Waals surface area contributed by atoms with Gasteiger partial charge in [-0.3, -0.25) is 9.88 Å². The fourth-order valence-corrected chi connectivity index (χ4v) is 3.30. The lowest BCUT2D eigenvalue weighted by atomic mass is 10.2. The van der Waals surface area contributed by atoms with Gasteiger partial charge in [0, 0.05) is 38.9 Å². The molecule has 0 unspecified atom stereocenters. The lowest BCUT2D eigenvalue weighted by Gasteiger charge is -2.35. The monoisotopic (exact) mass is 292 g/mol. The summed E-state index contributed by atoms with van der Waals surface area (Å²) in [6.07, 6.45) is 6.04. The highest BCUT2D eigenvalue weighted by Crippen LogP contribution is 2.26. The SMILES string of the molecule is C=CCN1CCN(c2cccc3c2ncc2cccn23)CC1. The van der Waals surface area contributed by atoms with E-state index < -0.39 is 0 Å². The number of piperazine rings is 1. The summed E-state index contributed by atoms with van der Waals surface area (Å²) >= 11 is 0. The maximum absolute atomic E-state index is 4.72. The van der Waals surface area contributed by atoms with Gasteiger partial charge in [-0.15, -0.1) is 6.58 Å². The minimum Gasteiger partial charge on any atom is -0.367 e. The summed E-state index contributed by atoms with van der Waals surface area (Å²) in [5.74, 6) is 0. The number of hydrogen-bond donors (Lipinski definition) is 0. The van der Waals surface area contributed by atoms with E-state index in [2.05, 4.69) is 57.3 Å². The molecule has 4 heteroatoms. The molecule has 0 amide bonds. The van der Waals surface area contributed by atoms with Crippen LogP contribution in [0.25, 0.3) is 16.6 Å². The Bertz CT molecular complexity index is 812. The van der Waals surface area contributed by atoms with Crippen molar-refractivity contribution in [2.75, 3.05) is 37.6 Å². The van der Waals surface area contributed by atoms with Gasteiger partial charge in [-0.2, -0.15) is 0 Å². The van der Waals surface area contributed by atoms with Crippen LogP contribution in [0.1, 0.15) is 0 Å². The Morgan fingerprint density at radius 1 is 1.09 bits per heavy atom. The van der Waals surface area contributed by atoms with Gasteiger partial charge in [0.15, 0.2) is 0 Å². The molecular weight excluding hydrogens is 272 g/mol. The maximum Gasteiger partial charge on any atom is 0.110 e. The molecule has 1 aromatic carbocycles. The van der Waals surface area contributed by atoms with Crippen LogP contribution >= 0.6 is 0 Å². The van der Waals surface area contributed by atoms with Gasteiger partial charge in [0.05, 0.1) is 22.9 Å². The van der Waals surface area contributed by atoms with E-state index in [1.165, 1.54) is 11.2 Å². The predicted molar refractivity (Wildman–Crippen MR) is 91.5 cm³/mol. The Morgan fingerprint density at radius 3 is 2.77 bits per heavy atom. The van der Waals surface area contributed by atoms with Crippen molar-refractivity contribution in [2.45, 2.75) is 0 Å². The van der Waals surface area contributed by atoms with Crippen LogP contribution in [0.3, 0.4) is 0 Å². The number of benzene rings is 1. The molecule has 0 atom stereocenters. The van der Waals surface area contributed by atoms with Crippen LogP contribution in [0.2, 0.25) is 0 Å². The largest absolute Gasteiger partial charge is 0.367 e. The quantitative estimate of drug-likeness (QED) is 0.694. The Balaban J connectivity index is 1.71. The fraction of sp³-hybridized carbons (Fsp3) is 0.278. The molecule has 1 fully saturated rings. The molecule has 0 radical (unpaired) electrons. The summed E-state index contributed by atoms with van der Waals surface area (Å²) in [7, 11) is 0. The average molecular weight is 292 g/mol. The molecule has 0 spiro atoms. The zero-order valence-corrected chi connectivity index (χ0v) is 12.7. The smallest absolute Gasteiger partial charge is 0.110 e. The molecule has 0 aliphatic carbocycles. The van der Waals surface area contributed by atoms with E-state index in [4.69, 9.17) is 4.98 Å². The molecule has 2 aromatic heterocycles. The van der Waals surface area contributed by atoms with Crippen LogP contribution in [0.15, 0.2) is 55.4 Å². The number of anilines is 1. The van der Waals surface area contributed by atoms with Gasteiger partial charge >= 0.3 is 0 Å². The third-order valence-corrected chi connectivity index (χ3v) is 4.46. The highest BCUT2D eigenvalue weighted by molar-refractivity contribution is 5.90. The van der Waals surface area contributed by atoms with Crippen molar-refractivity contribution >= 4 is 22.2 Å². The molecule has 0 N–H and O–H groups in total. The Kier molecular flexibility index (Phi) is 3.31. The molecule has 4 nitrogen and oxygen atoms in total. The topological polar surface area (TPSA) is 23.8 Å². The van der Waals surface area contributed by atoms with Gasteiger partial charge in [0.25, 0.3) is 0 Å². The zero-order valence-electron chi connectivity index (χ0n) is 12.7. The van der Waals surface area contributed by atoms with Crippen LogP contribution in [-0.2, 0) is 0 Å². The third kappa shape index (κ3) is 2.16. The second-order valence-corrected chi connectivity index (χ2v) is 5.78. The minimum atomic E-state index is 0.978. The highest BCUT2D eigenvalue weighted by Gasteiger charge is 2.18. The van der Waals surface area contributed by atoms with Crippen LogP contribution in [-0.4, -0.2) is 47.0 Å². The van der Waals surface area contributed by atoms with Crippen molar-refractivity contribution in [2.24, 2.45) is 0 Å². The van der Waals surface area contributed by atoms with Gasteiger partial charge in [-0.1, -0.05) is 12.1 Å². The molecular formula is C18H20N4. The number of para-hydroxylation sites is 1. The van der Waals surface area contributed by atoms with E-state index in [9.17, 15) is 0 Å². The first-order valence-corrected chi connectivity index (χ1v) is 7.80. The molecule has 1 aliphatic rings. The van der Waals surface area contributed by atoms with Crippen molar-refractivity contribution < 1.29 is 0 Å². The molecule has 22 heavy (non-hydrogen) atoms. The van der Waals surface area contributed by atoms with Crippen LogP contribution in [0, 0.1) is 0 Å². The molecule has 0 bridgehead atoms. The standard InChI is InChI=1S/C18H20N4/c1-2-8-20-10-12-21(13-11-20)16-6-3-7-17-18(16)19-14-15-5-4-9-22(15)17/h2-7,9,14H,1,8,10-13H2. The zero-order chi connectivity index (χ0) is 14.9. The predicted octanol–water partition coefficient (Wildman–Crippen LogP) is 2.80. The minimum absolute atomic E-state index is 0.978. The average Bonchev–Trinajstić information content (AvgIpc) is 3.04. The van der Waals surface area contributed by atoms with Gasteiger partial charge < -0.3 is 9.30 Å². The lowest BCUT2D eigenvalue weighted by Crippen LogP contribution is -2.46. The Labute approximate surface area is 130 Å². The second-order valence-electron chi connectivity index (χ2n) is 5.78. The van der Waals surface area contributed by atoms with Crippen molar-refractivity contribution in [3.63, 3.8) is 0 Å². The van der Waals surface area contributed by atoms with Gasteiger partial charge in [-0.05, 0) is 24.3 Å². The summed E-state index contributed by atoms with van der Waals surface area (Å²) < 4.78 is 2.21. The van der Waals surface area contributed by atoms with Gasteiger partial charge in [0.1, 0.15) is 5.52 Å². The third-order valence-electron chi connectivity index (χ3n) is 4.46. The van der Waals surface area contributed by atoms with Gasteiger partial charge in [0.2, 0.25) is 0 Å². The van der Waals surface area contributed by atoms with Crippen molar-refractivity contribution in [3.8, 4) is 0 Å². The second kappa shape index (κ2) is 5.46. The first kappa shape index (κ1) is 13.3. The summed E-state index contributed by atoms with van der Waals surface area (Å²) in [4.78, 5) is 9.61.